The third-order valence-corrected chi connectivity index (χ3v) is 5.80. The van der Waals surface area contributed by atoms with Crippen molar-refractivity contribution < 1.29 is 14.6 Å². The van der Waals surface area contributed by atoms with Crippen molar-refractivity contribution >= 4 is 16.7 Å². The van der Waals surface area contributed by atoms with Crippen LogP contribution in [0, 0.1) is 6.92 Å². The maximum absolute atomic E-state index is 13.2. The van der Waals surface area contributed by atoms with Gasteiger partial charge in [-0.1, -0.05) is 18.6 Å². The molecular formula is C24H26N2O4. The summed E-state index contributed by atoms with van der Waals surface area (Å²) in [4.78, 5) is 27.1. The van der Waals surface area contributed by atoms with Gasteiger partial charge in [0.05, 0.1) is 16.6 Å². The van der Waals surface area contributed by atoms with Crippen molar-refractivity contribution in [3.05, 3.63) is 70.1 Å². The number of aromatic carboxylic acids is 1. The van der Waals surface area contributed by atoms with Crippen LogP contribution in [-0.4, -0.2) is 46.8 Å². The lowest BCUT2D eigenvalue weighted by Gasteiger charge is -2.26. The predicted octanol–water partition coefficient (Wildman–Crippen LogP) is 3.86. The van der Waals surface area contributed by atoms with Crippen molar-refractivity contribution in [2.24, 2.45) is 0 Å². The van der Waals surface area contributed by atoms with Crippen molar-refractivity contribution in [3.63, 3.8) is 0 Å². The molecule has 2 aromatic carbocycles. The number of piperidine rings is 1. The number of carboxylic acid groups (broad SMARTS) is 1. The van der Waals surface area contributed by atoms with Crippen LogP contribution in [0.2, 0.25) is 0 Å². The molecule has 1 N–H and O–H groups in total. The molecule has 4 rings (SSSR count). The summed E-state index contributed by atoms with van der Waals surface area (Å²) in [7, 11) is 0. The molecule has 1 saturated heterocycles. The number of carbonyl (C=O) groups is 1. The van der Waals surface area contributed by atoms with Crippen LogP contribution in [0.15, 0.2) is 53.5 Å². The zero-order valence-corrected chi connectivity index (χ0v) is 17.1. The summed E-state index contributed by atoms with van der Waals surface area (Å²) < 4.78 is 7.43. The summed E-state index contributed by atoms with van der Waals surface area (Å²) in [5.41, 5.74) is 1.12. The Morgan fingerprint density at radius 3 is 2.67 bits per heavy atom. The van der Waals surface area contributed by atoms with E-state index in [2.05, 4.69) is 4.90 Å². The van der Waals surface area contributed by atoms with Crippen LogP contribution >= 0.6 is 0 Å². The molecular weight excluding hydrogens is 380 g/mol. The van der Waals surface area contributed by atoms with E-state index in [9.17, 15) is 14.7 Å². The SMILES string of the molecule is Cc1c(C(=O)O)cccc1-n1ccc2ccc(OCCN3CCCCC3)cc2c1=O. The van der Waals surface area contributed by atoms with E-state index in [-0.39, 0.29) is 11.1 Å². The molecule has 0 atom stereocenters. The Hall–Kier alpha value is -3.12. The van der Waals surface area contributed by atoms with Crippen LogP contribution in [0.1, 0.15) is 35.2 Å². The zero-order valence-electron chi connectivity index (χ0n) is 17.1. The minimum absolute atomic E-state index is 0.189. The molecule has 0 unspecified atom stereocenters. The van der Waals surface area contributed by atoms with Gasteiger partial charge in [0.2, 0.25) is 0 Å². The van der Waals surface area contributed by atoms with Crippen LogP contribution in [0.25, 0.3) is 16.5 Å². The van der Waals surface area contributed by atoms with Crippen molar-refractivity contribution in [3.8, 4) is 11.4 Å². The summed E-state index contributed by atoms with van der Waals surface area (Å²) >= 11 is 0. The summed E-state index contributed by atoms with van der Waals surface area (Å²) in [5.74, 6) is -0.335. The second-order valence-electron chi connectivity index (χ2n) is 7.75. The van der Waals surface area contributed by atoms with Crippen LogP contribution in [0.4, 0.5) is 0 Å². The van der Waals surface area contributed by atoms with Gasteiger partial charge in [0.25, 0.3) is 5.56 Å². The van der Waals surface area contributed by atoms with Gasteiger partial charge >= 0.3 is 5.97 Å². The number of benzene rings is 2. The largest absolute Gasteiger partial charge is 0.492 e. The molecule has 0 spiro atoms. The molecule has 0 amide bonds. The number of aromatic nitrogens is 1. The number of likely N-dealkylation sites (tertiary alicyclic amines) is 1. The second kappa shape index (κ2) is 8.71. The summed E-state index contributed by atoms with van der Waals surface area (Å²) in [6.45, 7) is 5.45. The highest BCUT2D eigenvalue weighted by Gasteiger charge is 2.14. The number of hydrogen-bond donors (Lipinski definition) is 1. The average molecular weight is 406 g/mol. The van der Waals surface area contributed by atoms with E-state index in [4.69, 9.17) is 4.74 Å². The lowest BCUT2D eigenvalue weighted by molar-refractivity contribution is 0.0696. The number of rotatable bonds is 6. The number of hydrogen-bond acceptors (Lipinski definition) is 4. The first-order chi connectivity index (χ1) is 14.5. The van der Waals surface area contributed by atoms with E-state index in [1.807, 2.05) is 18.2 Å². The monoisotopic (exact) mass is 406 g/mol. The molecule has 3 aromatic rings. The number of ether oxygens (including phenoxy) is 1. The van der Waals surface area contributed by atoms with E-state index >= 15 is 0 Å². The van der Waals surface area contributed by atoms with Gasteiger partial charge in [-0.3, -0.25) is 14.3 Å². The van der Waals surface area contributed by atoms with E-state index in [1.54, 1.807) is 37.4 Å². The second-order valence-corrected chi connectivity index (χ2v) is 7.75. The van der Waals surface area contributed by atoms with Crippen molar-refractivity contribution in [1.82, 2.24) is 9.47 Å². The van der Waals surface area contributed by atoms with Crippen LogP contribution < -0.4 is 10.3 Å². The zero-order chi connectivity index (χ0) is 21.1. The Kier molecular flexibility index (Phi) is 5.86. The Morgan fingerprint density at radius 1 is 1.10 bits per heavy atom. The van der Waals surface area contributed by atoms with E-state index in [1.165, 1.54) is 23.8 Å². The van der Waals surface area contributed by atoms with E-state index < -0.39 is 5.97 Å². The maximum Gasteiger partial charge on any atom is 0.336 e. The molecule has 156 valence electrons. The van der Waals surface area contributed by atoms with Crippen molar-refractivity contribution in [2.75, 3.05) is 26.2 Å². The normalized spacial score (nSPS) is 14.7. The molecule has 6 heteroatoms. The molecule has 0 bridgehead atoms. The Labute approximate surface area is 175 Å². The Bertz CT molecular complexity index is 1130. The van der Waals surface area contributed by atoms with E-state index in [0.29, 0.717) is 29.0 Å². The molecule has 1 aliphatic rings. The number of nitrogens with zero attached hydrogens (tertiary/aromatic N) is 2. The van der Waals surface area contributed by atoms with Gasteiger partial charge in [-0.2, -0.15) is 0 Å². The Balaban J connectivity index is 1.61. The van der Waals surface area contributed by atoms with Crippen LogP contribution in [0.3, 0.4) is 0 Å². The summed E-state index contributed by atoms with van der Waals surface area (Å²) in [6, 6.07) is 12.4. The smallest absolute Gasteiger partial charge is 0.336 e. The lowest BCUT2D eigenvalue weighted by atomic mass is 10.1. The summed E-state index contributed by atoms with van der Waals surface area (Å²) in [5, 5.41) is 10.8. The minimum atomic E-state index is -1.01. The van der Waals surface area contributed by atoms with Crippen molar-refractivity contribution in [2.45, 2.75) is 26.2 Å². The summed E-state index contributed by atoms with van der Waals surface area (Å²) in [6.07, 6.45) is 5.49. The fraction of sp³-hybridized carbons (Fsp3) is 0.333. The van der Waals surface area contributed by atoms with Gasteiger partial charge in [-0.25, -0.2) is 4.79 Å². The number of carboxylic acids is 1. The van der Waals surface area contributed by atoms with Gasteiger partial charge in [0.1, 0.15) is 12.4 Å². The molecule has 1 aromatic heterocycles. The molecule has 0 saturated carbocycles. The van der Waals surface area contributed by atoms with Gasteiger partial charge in [-0.15, -0.1) is 0 Å². The molecule has 1 fully saturated rings. The highest BCUT2D eigenvalue weighted by molar-refractivity contribution is 5.90. The number of fused-ring (bicyclic) bond motifs is 1. The van der Waals surface area contributed by atoms with Crippen LogP contribution in [-0.2, 0) is 0 Å². The van der Waals surface area contributed by atoms with Gasteiger partial charge in [-0.05, 0) is 74.1 Å². The minimum Gasteiger partial charge on any atom is -0.492 e. The maximum atomic E-state index is 13.2. The third-order valence-electron chi connectivity index (χ3n) is 5.80. The highest BCUT2D eigenvalue weighted by atomic mass is 16.5. The first-order valence-electron chi connectivity index (χ1n) is 10.4. The fourth-order valence-electron chi connectivity index (χ4n) is 4.09. The lowest BCUT2D eigenvalue weighted by Crippen LogP contribution is -2.33. The highest BCUT2D eigenvalue weighted by Crippen LogP contribution is 2.21. The third kappa shape index (κ3) is 4.09. The average Bonchev–Trinajstić information content (AvgIpc) is 2.75. The first-order valence-corrected chi connectivity index (χ1v) is 10.4. The first kappa shape index (κ1) is 20.2. The number of pyridine rings is 1. The molecule has 1 aliphatic heterocycles. The van der Waals surface area contributed by atoms with Gasteiger partial charge < -0.3 is 9.84 Å². The van der Waals surface area contributed by atoms with Gasteiger partial charge in [0, 0.05) is 12.7 Å². The molecule has 0 radical (unpaired) electrons. The predicted molar refractivity (Wildman–Crippen MR) is 117 cm³/mol. The molecule has 6 nitrogen and oxygen atoms in total. The molecule has 2 heterocycles. The fourth-order valence-corrected chi connectivity index (χ4v) is 4.09. The standard InChI is InChI=1S/C24H26N2O4/c1-17-20(24(28)29)6-5-7-22(17)26-13-10-18-8-9-19(16-21(18)23(26)27)30-15-14-25-11-3-2-4-12-25/h5-10,13,16H,2-4,11-12,14-15H2,1H3,(H,28,29). The topological polar surface area (TPSA) is 71.8 Å². The molecule has 30 heavy (non-hydrogen) atoms. The van der Waals surface area contributed by atoms with Gasteiger partial charge in [0.15, 0.2) is 0 Å². The molecule has 0 aliphatic carbocycles. The quantitative estimate of drug-likeness (QED) is 0.673. The van der Waals surface area contributed by atoms with E-state index in [0.717, 1.165) is 25.0 Å². The Morgan fingerprint density at radius 2 is 1.90 bits per heavy atom. The van der Waals surface area contributed by atoms with Crippen molar-refractivity contribution in [1.29, 1.82) is 0 Å². The van der Waals surface area contributed by atoms with Crippen LogP contribution in [0.5, 0.6) is 5.75 Å².